The van der Waals surface area contributed by atoms with Crippen LogP contribution in [-0.4, -0.2) is 60.0 Å². The molecule has 2 fully saturated rings. The monoisotopic (exact) mass is 459 g/mol. The second kappa shape index (κ2) is 9.03. The Kier molecular flexibility index (Phi) is 5.60. The van der Waals surface area contributed by atoms with Crippen molar-refractivity contribution in [3.63, 3.8) is 0 Å². The highest BCUT2D eigenvalue weighted by Gasteiger charge is 2.28. The number of aromatic nitrogens is 6. The van der Waals surface area contributed by atoms with E-state index in [0.29, 0.717) is 25.6 Å². The maximum atomic E-state index is 10.3. The molecule has 4 aromatic heterocycles. The van der Waals surface area contributed by atoms with E-state index in [1.54, 1.807) is 12.5 Å². The first-order valence-electron chi connectivity index (χ1n) is 11.9. The van der Waals surface area contributed by atoms with E-state index in [9.17, 15) is 5.11 Å². The van der Waals surface area contributed by atoms with Gasteiger partial charge in [-0.2, -0.15) is 9.61 Å². The lowest BCUT2D eigenvalue weighted by Crippen LogP contribution is -2.43. The van der Waals surface area contributed by atoms with Gasteiger partial charge in [0.2, 0.25) is 0 Å². The first kappa shape index (κ1) is 21.1. The number of hydrogen-bond acceptors (Lipinski definition) is 8. The van der Waals surface area contributed by atoms with Crippen molar-refractivity contribution in [2.75, 3.05) is 30.3 Å². The summed E-state index contributed by atoms with van der Waals surface area (Å²) in [6, 6.07) is 7.79. The second-order valence-corrected chi connectivity index (χ2v) is 9.15. The van der Waals surface area contributed by atoms with Gasteiger partial charge in [-0.25, -0.2) is 15.0 Å². The van der Waals surface area contributed by atoms with Crippen LogP contribution in [-0.2, 0) is 6.54 Å². The number of pyridine rings is 1. The Morgan fingerprint density at radius 3 is 2.91 bits per heavy atom. The van der Waals surface area contributed by atoms with Crippen LogP contribution in [0, 0.1) is 5.92 Å². The van der Waals surface area contributed by atoms with Crippen LogP contribution in [0.3, 0.4) is 0 Å². The van der Waals surface area contributed by atoms with Gasteiger partial charge in [-0.15, -0.1) is 0 Å². The Morgan fingerprint density at radius 1 is 1.15 bits per heavy atom. The third-order valence-electron chi connectivity index (χ3n) is 6.65. The van der Waals surface area contributed by atoms with Gasteiger partial charge in [-0.1, -0.05) is 6.07 Å². The maximum absolute atomic E-state index is 10.3. The molecule has 10 heteroatoms. The standard InChI is InChI=1S/C24H29N9O/c34-20-13-25-8-6-17(20)10-27-21-9-23(33-24(31-21)19(12-30-33)16-4-5-16)28-11-18-14-32(15-29-18)22-3-1-2-7-26-22/h1-3,7,9,12,14-17,20,25,28,34H,4-6,8,10-11,13H2,(H,27,31)/t17-,20+/m1/s1. The number of nitrogens with one attached hydrogen (secondary N) is 3. The Morgan fingerprint density at radius 2 is 2.09 bits per heavy atom. The molecule has 6 rings (SSSR count). The Bertz CT molecular complexity index is 1260. The van der Waals surface area contributed by atoms with E-state index in [-0.39, 0.29) is 12.0 Å². The minimum atomic E-state index is -0.339. The van der Waals surface area contributed by atoms with Gasteiger partial charge in [0.15, 0.2) is 5.65 Å². The molecule has 2 aliphatic rings. The molecule has 0 aromatic carbocycles. The van der Waals surface area contributed by atoms with Crippen LogP contribution in [0.1, 0.15) is 36.4 Å². The third-order valence-corrected chi connectivity index (χ3v) is 6.65. The predicted molar refractivity (Wildman–Crippen MR) is 129 cm³/mol. The van der Waals surface area contributed by atoms with Gasteiger partial charge in [0.1, 0.15) is 23.8 Å². The van der Waals surface area contributed by atoms with Gasteiger partial charge in [0.05, 0.1) is 24.5 Å². The lowest BCUT2D eigenvalue weighted by atomic mass is 9.95. The smallest absolute Gasteiger partial charge is 0.163 e. The fourth-order valence-corrected chi connectivity index (χ4v) is 4.52. The summed E-state index contributed by atoms with van der Waals surface area (Å²) in [5, 5.41) is 25.1. The van der Waals surface area contributed by atoms with E-state index in [2.05, 4.69) is 31.0 Å². The summed E-state index contributed by atoms with van der Waals surface area (Å²) in [4.78, 5) is 13.8. The summed E-state index contributed by atoms with van der Waals surface area (Å²) < 4.78 is 3.80. The molecular weight excluding hydrogens is 430 g/mol. The lowest BCUT2D eigenvalue weighted by Gasteiger charge is -2.28. The molecule has 34 heavy (non-hydrogen) atoms. The van der Waals surface area contributed by atoms with Crippen molar-refractivity contribution in [3.8, 4) is 5.82 Å². The van der Waals surface area contributed by atoms with Crippen LogP contribution in [0.25, 0.3) is 11.5 Å². The maximum Gasteiger partial charge on any atom is 0.163 e. The van der Waals surface area contributed by atoms with Crippen molar-refractivity contribution in [2.45, 2.75) is 37.8 Å². The molecule has 1 saturated carbocycles. The van der Waals surface area contributed by atoms with Crippen molar-refractivity contribution in [1.29, 1.82) is 0 Å². The lowest BCUT2D eigenvalue weighted by molar-refractivity contribution is 0.0883. The van der Waals surface area contributed by atoms with Crippen LogP contribution in [0.5, 0.6) is 0 Å². The molecule has 5 heterocycles. The van der Waals surface area contributed by atoms with Gasteiger partial charge < -0.3 is 21.1 Å². The Hall–Kier alpha value is -3.50. The van der Waals surface area contributed by atoms with Gasteiger partial charge in [0.25, 0.3) is 0 Å². The highest BCUT2D eigenvalue weighted by atomic mass is 16.3. The highest BCUT2D eigenvalue weighted by molar-refractivity contribution is 5.61. The van der Waals surface area contributed by atoms with Crippen LogP contribution in [0.15, 0.2) is 49.2 Å². The average molecular weight is 460 g/mol. The summed E-state index contributed by atoms with van der Waals surface area (Å²) >= 11 is 0. The molecular formula is C24H29N9O. The molecule has 0 amide bonds. The van der Waals surface area contributed by atoms with E-state index < -0.39 is 0 Å². The molecule has 0 spiro atoms. The van der Waals surface area contributed by atoms with Crippen LogP contribution in [0.2, 0.25) is 0 Å². The second-order valence-electron chi connectivity index (χ2n) is 9.15. The number of fused-ring (bicyclic) bond motifs is 1. The molecule has 1 aliphatic carbocycles. The summed E-state index contributed by atoms with van der Waals surface area (Å²) in [5.41, 5.74) is 2.99. The number of rotatable bonds is 8. The molecule has 176 valence electrons. The zero-order valence-electron chi connectivity index (χ0n) is 18.9. The summed E-state index contributed by atoms with van der Waals surface area (Å²) in [6.45, 7) is 2.81. The average Bonchev–Trinajstić information content (AvgIpc) is 3.44. The Labute approximate surface area is 197 Å². The Balaban J connectivity index is 1.23. The fourth-order valence-electron chi connectivity index (χ4n) is 4.52. The summed E-state index contributed by atoms with van der Waals surface area (Å²) in [5.74, 6) is 3.24. The van der Waals surface area contributed by atoms with Crippen LogP contribution >= 0.6 is 0 Å². The predicted octanol–water partition coefficient (Wildman–Crippen LogP) is 2.18. The van der Waals surface area contributed by atoms with Crippen molar-refractivity contribution in [1.82, 2.24) is 34.4 Å². The van der Waals surface area contributed by atoms with E-state index in [0.717, 1.165) is 41.8 Å². The number of anilines is 2. The summed E-state index contributed by atoms with van der Waals surface area (Å²) in [6.07, 6.45) is 10.5. The molecule has 0 bridgehead atoms. The van der Waals surface area contributed by atoms with Gasteiger partial charge in [-0.05, 0) is 43.9 Å². The SMILES string of the molecule is O[C@H]1CNCC[C@@H]1CNc1cc(NCc2cn(-c3ccccn3)cn2)n2ncc(C3CC3)c2n1. The first-order valence-corrected chi connectivity index (χ1v) is 11.9. The largest absolute Gasteiger partial charge is 0.391 e. The third kappa shape index (κ3) is 4.34. The molecule has 0 radical (unpaired) electrons. The van der Waals surface area contributed by atoms with Crippen LogP contribution in [0.4, 0.5) is 11.6 Å². The molecule has 1 aliphatic heterocycles. The quantitative estimate of drug-likeness (QED) is 0.317. The van der Waals surface area contributed by atoms with Gasteiger partial charge in [0, 0.05) is 43.0 Å². The van der Waals surface area contributed by atoms with E-state index in [1.165, 1.54) is 18.4 Å². The zero-order chi connectivity index (χ0) is 22.9. The number of piperidine rings is 1. The van der Waals surface area contributed by atoms with Gasteiger partial charge >= 0.3 is 0 Å². The molecule has 2 atom stereocenters. The normalized spacial score (nSPS) is 20.5. The highest BCUT2D eigenvalue weighted by Crippen LogP contribution is 2.42. The summed E-state index contributed by atoms with van der Waals surface area (Å²) in [7, 11) is 0. The number of β-amino-alcohol motifs (C(OH)–C–C–N with tert-alkyl or cyclic N) is 1. The van der Waals surface area contributed by atoms with Gasteiger partial charge in [-0.3, -0.25) is 4.57 Å². The minimum absolute atomic E-state index is 0.207. The first-order chi connectivity index (χ1) is 16.7. The molecule has 1 saturated heterocycles. The van der Waals surface area contributed by atoms with E-state index >= 15 is 0 Å². The number of hydrogen-bond donors (Lipinski definition) is 4. The van der Waals surface area contributed by atoms with Crippen molar-refractivity contribution < 1.29 is 5.11 Å². The fraction of sp³-hybridized carbons (Fsp3) is 0.417. The molecule has 0 unspecified atom stereocenters. The van der Waals surface area contributed by atoms with Crippen molar-refractivity contribution in [2.24, 2.45) is 5.92 Å². The molecule has 4 aromatic rings. The molecule has 4 N–H and O–H groups in total. The molecule has 10 nitrogen and oxygen atoms in total. The van der Waals surface area contributed by atoms with E-state index in [1.807, 2.05) is 45.7 Å². The number of imidazole rings is 1. The number of nitrogens with zero attached hydrogens (tertiary/aromatic N) is 6. The zero-order valence-corrected chi connectivity index (χ0v) is 18.9. The number of aliphatic hydroxyl groups is 1. The minimum Gasteiger partial charge on any atom is -0.391 e. The van der Waals surface area contributed by atoms with Crippen molar-refractivity contribution in [3.05, 3.63) is 60.4 Å². The van der Waals surface area contributed by atoms with Crippen molar-refractivity contribution >= 4 is 17.3 Å². The topological polar surface area (TPSA) is 117 Å². The van der Waals surface area contributed by atoms with E-state index in [4.69, 9.17) is 4.98 Å². The van der Waals surface area contributed by atoms with Crippen LogP contribution < -0.4 is 16.0 Å². The number of aliphatic hydroxyl groups excluding tert-OH is 1.